The summed E-state index contributed by atoms with van der Waals surface area (Å²) in [4.78, 5) is 0. The van der Waals surface area contributed by atoms with Gasteiger partial charge in [0.1, 0.15) is 0 Å². The van der Waals surface area contributed by atoms with Gasteiger partial charge >= 0.3 is 6.18 Å². The maximum absolute atomic E-state index is 12.7. The normalized spacial score (nSPS) is 20.1. The van der Waals surface area contributed by atoms with Crippen molar-refractivity contribution >= 4 is 5.69 Å². The number of anilines is 1. The molecule has 5 heteroatoms. The lowest BCUT2D eigenvalue weighted by Gasteiger charge is -2.28. The first kappa shape index (κ1) is 11.3. The van der Waals surface area contributed by atoms with Crippen LogP contribution in [0.1, 0.15) is 23.6 Å². The van der Waals surface area contributed by atoms with Gasteiger partial charge < -0.3 is 10.6 Å². The topological polar surface area (TPSA) is 24.1 Å². The minimum absolute atomic E-state index is 0.00134. The molecule has 0 saturated carbocycles. The molecule has 0 amide bonds. The van der Waals surface area contributed by atoms with E-state index in [1.807, 2.05) is 0 Å². The van der Waals surface area contributed by atoms with E-state index in [1.165, 1.54) is 6.07 Å². The van der Waals surface area contributed by atoms with Crippen LogP contribution in [0.15, 0.2) is 18.2 Å². The van der Waals surface area contributed by atoms with Gasteiger partial charge in [-0.05, 0) is 25.1 Å². The van der Waals surface area contributed by atoms with Gasteiger partial charge in [0.05, 0.1) is 11.3 Å². The number of alkyl halides is 3. The van der Waals surface area contributed by atoms with Crippen LogP contribution in [0.4, 0.5) is 18.9 Å². The van der Waals surface area contributed by atoms with E-state index in [2.05, 4.69) is 10.6 Å². The van der Waals surface area contributed by atoms with Crippen LogP contribution in [-0.4, -0.2) is 13.6 Å². The molecule has 0 saturated heterocycles. The Morgan fingerprint density at radius 2 is 2.12 bits per heavy atom. The number of hydrogen-bond donors (Lipinski definition) is 2. The molecule has 0 spiro atoms. The van der Waals surface area contributed by atoms with Crippen molar-refractivity contribution in [2.24, 2.45) is 0 Å². The number of rotatable bonds is 1. The summed E-state index contributed by atoms with van der Waals surface area (Å²) in [6, 6.07) is 4.30. The third kappa shape index (κ3) is 1.87. The van der Waals surface area contributed by atoms with E-state index in [1.54, 1.807) is 13.1 Å². The van der Waals surface area contributed by atoms with Gasteiger partial charge in [0.2, 0.25) is 0 Å². The summed E-state index contributed by atoms with van der Waals surface area (Å²) in [7, 11) is 1.76. The smallest absolute Gasteiger partial charge is 0.384 e. The minimum atomic E-state index is -4.30. The highest BCUT2D eigenvalue weighted by Crippen LogP contribution is 2.40. The largest absolute Gasteiger partial charge is 0.418 e. The Bertz CT molecular complexity index is 387. The highest BCUT2D eigenvalue weighted by atomic mass is 19.4. The Balaban J connectivity index is 2.51. The van der Waals surface area contributed by atoms with Crippen molar-refractivity contribution in [3.63, 3.8) is 0 Å². The predicted molar refractivity (Wildman–Crippen MR) is 56.4 cm³/mol. The fourth-order valence-electron chi connectivity index (χ4n) is 2.09. The highest BCUT2D eigenvalue weighted by Gasteiger charge is 2.36. The van der Waals surface area contributed by atoms with Crippen molar-refractivity contribution < 1.29 is 13.2 Å². The van der Waals surface area contributed by atoms with Crippen LogP contribution < -0.4 is 10.6 Å². The van der Waals surface area contributed by atoms with Crippen molar-refractivity contribution in [2.45, 2.75) is 18.6 Å². The summed E-state index contributed by atoms with van der Waals surface area (Å²) in [5.74, 6) is 0. The van der Waals surface area contributed by atoms with Crippen molar-refractivity contribution in [1.29, 1.82) is 0 Å². The number of halogens is 3. The molecule has 2 nitrogen and oxygen atoms in total. The van der Waals surface area contributed by atoms with Gasteiger partial charge in [-0.25, -0.2) is 0 Å². The molecule has 1 aromatic rings. The maximum atomic E-state index is 12.7. The molecule has 1 aliphatic heterocycles. The predicted octanol–water partition coefficient (Wildman–Crippen LogP) is 2.78. The van der Waals surface area contributed by atoms with Gasteiger partial charge in [-0.3, -0.25) is 0 Å². The number of fused-ring (bicyclic) bond motifs is 1. The molecule has 0 aromatic heterocycles. The Labute approximate surface area is 91.8 Å². The Hall–Kier alpha value is -1.23. The number of nitrogens with one attached hydrogen (secondary N) is 2. The first-order chi connectivity index (χ1) is 7.54. The molecule has 1 aliphatic rings. The van der Waals surface area contributed by atoms with Gasteiger partial charge in [0.25, 0.3) is 0 Å². The highest BCUT2D eigenvalue weighted by molar-refractivity contribution is 5.61. The molecule has 0 fully saturated rings. The van der Waals surface area contributed by atoms with E-state index in [4.69, 9.17) is 0 Å². The van der Waals surface area contributed by atoms with Crippen LogP contribution in [0.5, 0.6) is 0 Å². The molecule has 0 radical (unpaired) electrons. The molecule has 88 valence electrons. The number of hydrogen-bond acceptors (Lipinski definition) is 2. The van der Waals surface area contributed by atoms with Gasteiger partial charge in [-0.15, -0.1) is 0 Å². The Morgan fingerprint density at radius 3 is 2.75 bits per heavy atom. The van der Waals surface area contributed by atoms with E-state index in [0.29, 0.717) is 12.1 Å². The lowest BCUT2D eigenvalue weighted by molar-refractivity contribution is -0.137. The van der Waals surface area contributed by atoms with E-state index in [-0.39, 0.29) is 11.7 Å². The van der Waals surface area contributed by atoms with Gasteiger partial charge in [0.15, 0.2) is 0 Å². The maximum Gasteiger partial charge on any atom is 0.418 e. The van der Waals surface area contributed by atoms with E-state index in [9.17, 15) is 13.2 Å². The van der Waals surface area contributed by atoms with Gasteiger partial charge in [0, 0.05) is 12.6 Å². The van der Waals surface area contributed by atoms with Crippen molar-refractivity contribution in [3.8, 4) is 0 Å². The van der Waals surface area contributed by atoms with Crippen LogP contribution in [0, 0.1) is 0 Å². The molecule has 2 N–H and O–H groups in total. The zero-order chi connectivity index (χ0) is 11.8. The van der Waals surface area contributed by atoms with Crippen LogP contribution in [0.25, 0.3) is 0 Å². The second-order valence-corrected chi connectivity index (χ2v) is 3.82. The van der Waals surface area contributed by atoms with E-state index < -0.39 is 11.7 Å². The summed E-state index contributed by atoms with van der Waals surface area (Å²) >= 11 is 0. The van der Waals surface area contributed by atoms with E-state index >= 15 is 0 Å². The summed E-state index contributed by atoms with van der Waals surface area (Å²) < 4.78 is 38.2. The fraction of sp³-hybridized carbons (Fsp3) is 0.455. The molecule has 2 rings (SSSR count). The van der Waals surface area contributed by atoms with Crippen LogP contribution >= 0.6 is 0 Å². The molecule has 1 aromatic carbocycles. The second kappa shape index (κ2) is 3.97. The molecule has 0 bridgehead atoms. The first-order valence-electron chi connectivity index (χ1n) is 5.15. The summed E-state index contributed by atoms with van der Waals surface area (Å²) in [6.07, 6.45) is -3.50. The quantitative estimate of drug-likeness (QED) is 0.775. The van der Waals surface area contributed by atoms with Crippen LogP contribution in [-0.2, 0) is 6.18 Å². The summed E-state index contributed by atoms with van der Waals surface area (Å²) in [6.45, 7) is 0.561. The van der Waals surface area contributed by atoms with Gasteiger partial charge in [-0.1, -0.05) is 12.1 Å². The zero-order valence-electron chi connectivity index (χ0n) is 8.86. The molecule has 1 heterocycles. The summed E-state index contributed by atoms with van der Waals surface area (Å²) in [5, 5.41) is 5.87. The molecule has 0 aliphatic carbocycles. The number of benzene rings is 1. The average molecular weight is 230 g/mol. The Kier molecular flexibility index (Phi) is 2.80. The van der Waals surface area contributed by atoms with Crippen molar-refractivity contribution in [2.75, 3.05) is 18.9 Å². The zero-order valence-corrected chi connectivity index (χ0v) is 8.86. The molecular formula is C11H13F3N2. The Morgan fingerprint density at radius 1 is 1.38 bits per heavy atom. The average Bonchev–Trinajstić information content (AvgIpc) is 2.26. The summed E-state index contributed by atoms with van der Waals surface area (Å²) in [5.41, 5.74) is 0.342. The third-order valence-electron chi connectivity index (χ3n) is 2.86. The van der Waals surface area contributed by atoms with Crippen molar-refractivity contribution in [3.05, 3.63) is 29.3 Å². The standard InChI is InChI=1S/C11H13F3N2/c1-15-9-5-6-16-10-7(9)3-2-4-8(10)11(12,13)14/h2-4,9,15-16H,5-6H2,1H3. The molecular weight excluding hydrogens is 217 g/mol. The first-order valence-corrected chi connectivity index (χ1v) is 5.15. The lowest BCUT2D eigenvalue weighted by atomic mass is 9.95. The lowest BCUT2D eigenvalue weighted by Crippen LogP contribution is -2.27. The minimum Gasteiger partial charge on any atom is -0.384 e. The van der Waals surface area contributed by atoms with Gasteiger partial charge in [-0.2, -0.15) is 13.2 Å². The second-order valence-electron chi connectivity index (χ2n) is 3.82. The van der Waals surface area contributed by atoms with Crippen molar-refractivity contribution in [1.82, 2.24) is 5.32 Å². The van der Waals surface area contributed by atoms with Crippen LogP contribution in [0.3, 0.4) is 0 Å². The van der Waals surface area contributed by atoms with Crippen LogP contribution in [0.2, 0.25) is 0 Å². The fourth-order valence-corrected chi connectivity index (χ4v) is 2.09. The molecule has 1 unspecified atom stereocenters. The third-order valence-corrected chi connectivity index (χ3v) is 2.86. The molecule has 16 heavy (non-hydrogen) atoms. The number of para-hydroxylation sites is 1. The SMILES string of the molecule is CNC1CCNc2c1cccc2C(F)(F)F. The molecule has 1 atom stereocenters. The van der Waals surface area contributed by atoms with E-state index in [0.717, 1.165) is 12.5 Å². The monoisotopic (exact) mass is 230 g/mol.